The van der Waals surface area contributed by atoms with Crippen molar-refractivity contribution < 1.29 is 17.9 Å². The predicted molar refractivity (Wildman–Crippen MR) is 119 cm³/mol. The van der Waals surface area contributed by atoms with Gasteiger partial charge in [-0.3, -0.25) is 4.98 Å². The SMILES string of the molecule is CN1CCC(COCc2cc(-c3ccncc3)cc(C(F)(F)F)c2)(c2ccccc2)CC1. The molecule has 2 heterocycles. The van der Waals surface area contributed by atoms with Crippen LogP contribution in [0.1, 0.15) is 29.5 Å². The topological polar surface area (TPSA) is 25.4 Å². The number of likely N-dealkylation sites (tertiary alicyclic amines) is 1. The molecule has 0 unspecified atom stereocenters. The van der Waals surface area contributed by atoms with Crippen molar-refractivity contribution in [2.24, 2.45) is 0 Å². The maximum Gasteiger partial charge on any atom is 0.416 e. The Labute approximate surface area is 186 Å². The predicted octanol–water partition coefficient (Wildman–Crippen LogP) is 5.95. The number of aromatic nitrogens is 1. The normalized spacial score (nSPS) is 16.8. The molecule has 6 heteroatoms. The number of ether oxygens (including phenoxy) is 1. The highest BCUT2D eigenvalue weighted by Crippen LogP contribution is 2.37. The fourth-order valence-electron chi connectivity index (χ4n) is 4.37. The van der Waals surface area contributed by atoms with E-state index in [2.05, 4.69) is 29.1 Å². The van der Waals surface area contributed by atoms with Crippen molar-refractivity contribution in [1.82, 2.24) is 9.88 Å². The van der Waals surface area contributed by atoms with Crippen LogP contribution in [-0.2, 0) is 22.9 Å². The third-order valence-electron chi connectivity index (χ3n) is 6.31. The highest BCUT2D eigenvalue weighted by atomic mass is 19.4. The summed E-state index contributed by atoms with van der Waals surface area (Å²) >= 11 is 0. The van der Waals surface area contributed by atoms with Crippen LogP contribution in [0.4, 0.5) is 13.2 Å². The van der Waals surface area contributed by atoms with Crippen LogP contribution in [0.25, 0.3) is 11.1 Å². The Kier molecular flexibility index (Phi) is 6.63. The largest absolute Gasteiger partial charge is 0.416 e. The summed E-state index contributed by atoms with van der Waals surface area (Å²) in [4.78, 5) is 6.26. The number of nitrogens with zero attached hydrogens (tertiary/aromatic N) is 2. The lowest BCUT2D eigenvalue weighted by atomic mass is 9.73. The molecule has 0 bridgehead atoms. The first kappa shape index (κ1) is 22.5. The minimum absolute atomic E-state index is 0.122. The van der Waals surface area contributed by atoms with Gasteiger partial charge in [-0.15, -0.1) is 0 Å². The van der Waals surface area contributed by atoms with E-state index in [4.69, 9.17) is 4.74 Å². The van der Waals surface area contributed by atoms with Gasteiger partial charge < -0.3 is 9.64 Å². The van der Waals surface area contributed by atoms with Crippen LogP contribution in [-0.4, -0.2) is 36.6 Å². The Morgan fingerprint density at radius 2 is 1.62 bits per heavy atom. The van der Waals surface area contributed by atoms with E-state index in [1.165, 1.54) is 17.7 Å². The summed E-state index contributed by atoms with van der Waals surface area (Å²) in [5, 5.41) is 0. The number of rotatable bonds is 6. The van der Waals surface area contributed by atoms with Crippen LogP contribution in [0.5, 0.6) is 0 Å². The molecule has 0 spiro atoms. The summed E-state index contributed by atoms with van der Waals surface area (Å²) in [5.74, 6) is 0. The average molecular weight is 441 g/mol. The zero-order valence-electron chi connectivity index (χ0n) is 18.1. The molecule has 2 aromatic carbocycles. The van der Waals surface area contributed by atoms with Crippen molar-refractivity contribution in [3.63, 3.8) is 0 Å². The van der Waals surface area contributed by atoms with Gasteiger partial charge in [0.05, 0.1) is 18.8 Å². The Bertz CT molecular complexity index is 1010. The highest BCUT2D eigenvalue weighted by molar-refractivity contribution is 5.64. The first-order chi connectivity index (χ1) is 15.4. The van der Waals surface area contributed by atoms with Crippen LogP contribution in [0.2, 0.25) is 0 Å². The fraction of sp³-hybridized carbons (Fsp3) is 0.346. The second-order valence-electron chi connectivity index (χ2n) is 8.59. The van der Waals surface area contributed by atoms with Gasteiger partial charge in [0.2, 0.25) is 0 Å². The molecule has 1 saturated heterocycles. The summed E-state index contributed by atoms with van der Waals surface area (Å²) < 4.78 is 46.7. The first-order valence-electron chi connectivity index (χ1n) is 10.8. The molecule has 1 aliphatic heterocycles. The first-order valence-corrected chi connectivity index (χ1v) is 10.8. The van der Waals surface area contributed by atoms with E-state index in [0.717, 1.165) is 25.9 Å². The van der Waals surface area contributed by atoms with Crippen LogP contribution < -0.4 is 0 Å². The molecule has 0 aliphatic carbocycles. The maximum atomic E-state index is 13.5. The van der Waals surface area contributed by atoms with E-state index < -0.39 is 11.7 Å². The lowest BCUT2D eigenvalue weighted by Crippen LogP contribution is -2.43. The number of hydrogen-bond donors (Lipinski definition) is 0. The Morgan fingerprint density at radius 1 is 0.938 bits per heavy atom. The van der Waals surface area contributed by atoms with Gasteiger partial charge in [-0.05, 0) is 85.6 Å². The van der Waals surface area contributed by atoms with Crippen molar-refractivity contribution in [2.45, 2.75) is 31.0 Å². The number of piperidine rings is 1. The summed E-state index contributed by atoms with van der Waals surface area (Å²) in [6.07, 6.45) is 0.651. The lowest BCUT2D eigenvalue weighted by Gasteiger charge is -2.41. The van der Waals surface area contributed by atoms with Crippen molar-refractivity contribution in [3.8, 4) is 11.1 Å². The van der Waals surface area contributed by atoms with Gasteiger partial charge in [-0.1, -0.05) is 30.3 Å². The maximum absolute atomic E-state index is 13.5. The molecule has 1 fully saturated rings. The molecule has 168 valence electrons. The molecule has 1 aromatic heterocycles. The van der Waals surface area contributed by atoms with E-state index in [1.54, 1.807) is 30.6 Å². The van der Waals surface area contributed by atoms with Crippen LogP contribution in [0, 0.1) is 0 Å². The van der Waals surface area contributed by atoms with Gasteiger partial charge in [0.15, 0.2) is 0 Å². The van der Waals surface area contributed by atoms with Crippen molar-refractivity contribution in [3.05, 3.63) is 89.7 Å². The summed E-state index contributed by atoms with van der Waals surface area (Å²) in [7, 11) is 2.11. The third-order valence-corrected chi connectivity index (χ3v) is 6.31. The van der Waals surface area contributed by atoms with E-state index in [-0.39, 0.29) is 12.0 Å². The standard InChI is InChI=1S/C26H27F3N2O/c1-31-13-9-25(10-14-31,23-5-3-2-4-6-23)19-32-18-20-15-22(21-7-11-30-12-8-21)17-24(16-20)26(27,28)29/h2-8,11-12,15-17H,9-10,13-14,18-19H2,1H3. The molecule has 0 radical (unpaired) electrons. The molecule has 0 atom stereocenters. The minimum atomic E-state index is -4.42. The van der Waals surface area contributed by atoms with Gasteiger partial charge in [-0.25, -0.2) is 0 Å². The summed E-state index contributed by atoms with van der Waals surface area (Å²) in [6.45, 7) is 2.54. The number of hydrogen-bond acceptors (Lipinski definition) is 3. The molecule has 4 rings (SSSR count). The number of pyridine rings is 1. The molecule has 32 heavy (non-hydrogen) atoms. The lowest BCUT2D eigenvalue weighted by molar-refractivity contribution is -0.137. The van der Waals surface area contributed by atoms with E-state index in [1.807, 2.05) is 18.2 Å². The number of halogens is 3. The summed E-state index contributed by atoms with van der Waals surface area (Å²) in [5.41, 5.74) is 2.17. The second kappa shape index (κ2) is 9.43. The van der Waals surface area contributed by atoms with Gasteiger partial charge in [-0.2, -0.15) is 13.2 Å². The molecule has 3 nitrogen and oxygen atoms in total. The Morgan fingerprint density at radius 3 is 2.28 bits per heavy atom. The monoisotopic (exact) mass is 440 g/mol. The second-order valence-corrected chi connectivity index (χ2v) is 8.59. The zero-order chi connectivity index (χ0) is 22.6. The van der Waals surface area contributed by atoms with Gasteiger partial charge in [0.1, 0.15) is 0 Å². The number of alkyl halides is 3. The minimum Gasteiger partial charge on any atom is -0.376 e. The molecule has 0 saturated carbocycles. The van der Waals surface area contributed by atoms with Gasteiger partial charge in [0, 0.05) is 17.8 Å². The highest BCUT2D eigenvalue weighted by Gasteiger charge is 2.36. The molecule has 1 aliphatic rings. The van der Waals surface area contributed by atoms with Crippen LogP contribution >= 0.6 is 0 Å². The zero-order valence-corrected chi connectivity index (χ0v) is 18.1. The average Bonchev–Trinajstić information content (AvgIpc) is 2.81. The van der Waals surface area contributed by atoms with E-state index in [9.17, 15) is 13.2 Å². The van der Waals surface area contributed by atoms with Gasteiger partial charge in [0.25, 0.3) is 0 Å². The molecule has 0 amide bonds. The quantitative estimate of drug-likeness (QED) is 0.474. The molecular weight excluding hydrogens is 413 g/mol. The van der Waals surface area contributed by atoms with Gasteiger partial charge >= 0.3 is 6.18 Å². The van der Waals surface area contributed by atoms with Crippen molar-refractivity contribution >= 4 is 0 Å². The Balaban J connectivity index is 1.56. The van der Waals surface area contributed by atoms with E-state index in [0.29, 0.717) is 23.3 Å². The smallest absolute Gasteiger partial charge is 0.376 e. The Hall–Kier alpha value is -2.70. The molecule has 3 aromatic rings. The molecular formula is C26H27F3N2O. The van der Waals surface area contributed by atoms with Crippen molar-refractivity contribution in [1.29, 1.82) is 0 Å². The third kappa shape index (κ3) is 5.19. The fourth-order valence-corrected chi connectivity index (χ4v) is 4.37. The van der Waals surface area contributed by atoms with Crippen molar-refractivity contribution in [2.75, 3.05) is 26.7 Å². The van der Waals surface area contributed by atoms with E-state index >= 15 is 0 Å². The van der Waals surface area contributed by atoms with Crippen LogP contribution in [0.15, 0.2) is 73.1 Å². The molecule has 0 N–H and O–H groups in total. The summed E-state index contributed by atoms with van der Waals surface area (Å²) in [6, 6.07) is 17.9. The number of benzene rings is 2. The van der Waals surface area contributed by atoms with Crippen LogP contribution in [0.3, 0.4) is 0 Å².